The van der Waals surface area contributed by atoms with E-state index in [-0.39, 0.29) is 6.42 Å². The third-order valence-corrected chi connectivity index (χ3v) is 3.11. The predicted octanol–water partition coefficient (Wildman–Crippen LogP) is 4.87. The average Bonchev–Trinajstić information content (AvgIpc) is 2.56. The van der Waals surface area contributed by atoms with E-state index < -0.39 is 11.6 Å². The first-order valence-corrected chi connectivity index (χ1v) is 5.75. The monoisotopic (exact) mass is 256 g/mol. The highest BCUT2D eigenvalue weighted by molar-refractivity contribution is 5.78. The second kappa shape index (κ2) is 4.04. The molecule has 0 spiro atoms. The molecule has 98 valence electrons. The van der Waals surface area contributed by atoms with Gasteiger partial charge in [0.25, 0.3) is 0 Å². The predicted molar refractivity (Wildman–Crippen MR) is 64.5 cm³/mol. The molecule has 0 amide bonds. The highest BCUT2D eigenvalue weighted by Gasteiger charge is 2.47. The maximum Gasteiger partial charge on any atom is 0.394 e. The molecule has 0 atom stereocenters. The van der Waals surface area contributed by atoms with E-state index in [0.717, 1.165) is 10.9 Å². The highest BCUT2D eigenvalue weighted by atomic mass is 19.4. The fraction of sp³-hybridized carbons (Fsp3) is 0.429. The normalized spacial score (nSPS) is 13.2. The van der Waals surface area contributed by atoms with Crippen molar-refractivity contribution in [1.29, 1.82) is 0 Å². The first-order valence-electron chi connectivity index (χ1n) is 5.75. The lowest BCUT2D eigenvalue weighted by atomic mass is 9.87. The van der Waals surface area contributed by atoms with Crippen molar-refractivity contribution in [2.75, 3.05) is 0 Å². The molecule has 1 nitrogen and oxygen atoms in total. The van der Waals surface area contributed by atoms with Gasteiger partial charge >= 0.3 is 6.18 Å². The summed E-state index contributed by atoms with van der Waals surface area (Å²) in [6, 6.07) is 7.29. The lowest BCUT2D eigenvalue weighted by Crippen LogP contribution is -2.33. The van der Waals surface area contributed by atoms with E-state index >= 15 is 0 Å². The summed E-state index contributed by atoms with van der Waals surface area (Å²) in [6.45, 7) is 4.29. The molecule has 18 heavy (non-hydrogen) atoms. The van der Waals surface area contributed by atoms with Gasteiger partial charge in [0, 0.05) is 11.8 Å². The molecule has 2 aromatic rings. The topological polar surface area (TPSA) is 13.1 Å². The minimum atomic E-state index is -4.23. The van der Waals surface area contributed by atoms with Gasteiger partial charge in [-0.3, -0.25) is 0 Å². The lowest BCUT2D eigenvalue weighted by Gasteiger charge is -2.26. The Labute approximate surface area is 104 Å². The number of rotatable bonds is 2. The van der Waals surface area contributed by atoms with Crippen molar-refractivity contribution in [2.45, 2.75) is 33.4 Å². The second-order valence-electron chi connectivity index (χ2n) is 5.31. The smallest absolute Gasteiger partial charge is 0.394 e. The summed E-state index contributed by atoms with van der Waals surface area (Å²) in [7, 11) is 0. The fourth-order valence-electron chi connectivity index (χ4n) is 1.82. The third-order valence-electron chi connectivity index (χ3n) is 3.11. The Morgan fingerprint density at radius 2 is 1.78 bits per heavy atom. The van der Waals surface area contributed by atoms with Crippen molar-refractivity contribution in [3.8, 4) is 0 Å². The largest absolute Gasteiger partial charge is 0.461 e. The molecular weight excluding hydrogens is 241 g/mol. The van der Waals surface area contributed by atoms with Crippen LogP contribution in [0.15, 0.2) is 28.7 Å². The Balaban J connectivity index is 2.33. The quantitative estimate of drug-likeness (QED) is 0.747. The molecule has 0 fully saturated rings. The summed E-state index contributed by atoms with van der Waals surface area (Å²) in [5.74, 6) is 0.373. The van der Waals surface area contributed by atoms with Crippen LogP contribution in [0.5, 0.6) is 0 Å². The van der Waals surface area contributed by atoms with Crippen LogP contribution in [0.2, 0.25) is 0 Å². The molecule has 2 rings (SSSR count). The number of alkyl halides is 3. The average molecular weight is 256 g/mol. The third kappa shape index (κ3) is 2.37. The summed E-state index contributed by atoms with van der Waals surface area (Å²) in [5, 5.41) is 0.841. The van der Waals surface area contributed by atoms with Crippen molar-refractivity contribution in [3.63, 3.8) is 0 Å². The molecule has 0 saturated carbocycles. The molecule has 1 aromatic heterocycles. The first kappa shape index (κ1) is 13.0. The number of hydrogen-bond donors (Lipinski definition) is 0. The Kier molecular flexibility index (Phi) is 2.92. The molecule has 0 aliphatic heterocycles. The van der Waals surface area contributed by atoms with E-state index in [2.05, 4.69) is 0 Å². The van der Waals surface area contributed by atoms with E-state index in [0.29, 0.717) is 11.3 Å². The van der Waals surface area contributed by atoms with Crippen LogP contribution in [0.4, 0.5) is 13.2 Å². The van der Waals surface area contributed by atoms with Crippen LogP contribution in [0.1, 0.15) is 25.2 Å². The zero-order chi connectivity index (χ0) is 13.6. The van der Waals surface area contributed by atoms with E-state index in [1.165, 1.54) is 13.8 Å². The van der Waals surface area contributed by atoms with E-state index in [4.69, 9.17) is 4.42 Å². The number of hydrogen-bond acceptors (Lipinski definition) is 1. The molecule has 0 aliphatic rings. The molecule has 0 unspecified atom stereocenters. The van der Waals surface area contributed by atoms with Crippen LogP contribution >= 0.6 is 0 Å². The zero-order valence-electron chi connectivity index (χ0n) is 10.6. The first-order chi connectivity index (χ1) is 8.19. The minimum absolute atomic E-state index is 0.149. The number of aryl methyl sites for hydroxylation is 1. The Hall–Kier alpha value is -1.45. The van der Waals surface area contributed by atoms with Crippen LogP contribution in [0.3, 0.4) is 0 Å². The Morgan fingerprint density at radius 3 is 2.39 bits per heavy atom. The van der Waals surface area contributed by atoms with Crippen LogP contribution in [0.25, 0.3) is 11.0 Å². The van der Waals surface area contributed by atoms with E-state index in [9.17, 15) is 13.2 Å². The van der Waals surface area contributed by atoms with Gasteiger partial charge in [-0.2, -0.15) is 13.2 Å². The van der Waals surface area contributed by atoms with Gasteiger partial charge in [-0.25, -0.2) is 0 Å². The summed E-state index contributed by atoms with van der Waals surface area (Å²) in [5.41, 5.74) is -0.114. The van der Waals surface area contributed by atoms with Gasteiger partial charge in [0.2, 0.25) is 0 Å². The maximum atomic E-state index is 12.8. The molecule has 1 aromatic carbocycles. The van der Waals surface area contributed by atoms with Gasteiger partial charge in [-0.15, -0.1) is 0 Å². The van der Waals surface area contributed by atoms with E-state index in [1.54, 1.807) is 6.07 Å². The van der Waals surface area contributed by atoms with Gasteiger partial charge in [-0.05, 0) is 24.6 Å². The van der Waals surface area contributed by atoms with Crippen LogP contribution < -0.4 is 0 Å². The van der Waals surface area contributed by atoms with Gasteiger partial charge in [0.05, 0.1) is 5.41 Å². The minimum Gasteiger partial charge on any atom is -0.461 e. The van der Waals surface area contributed by atoms with Crippen molar-refractivity contribution in [1.82, 2.24) is 0 Å². The molecule has 0 aliphatic carbocycles. The molecule has 0 bridgehead atoms. The van der Waals surface area contributed by atoms with Crippen LogP contribution in [-0.2, 0) is 6.42 Å². The van der Waals surface area contributed by atoms with Gasteiger partial charge in [-0.1, -0.05) is 26.0 Å². The van der Waals surface area contributed by atoms with E-state index in [1.807, 2.05) is 25.1 Å². The van der Waals surface area contributed by atoms with Crippen molar-refractivity contribution >= 4 is 11.0 Å². The molecule has 0 N–H and O–H groups in total. The lowest BCUT2D eigenvalue weighted by molar-refractivity contribution is -0.211. The standard InChI is InChI=1S/C14H15F3O/c1-9-4-5-10-7-11(18-12(10)6-9)8-13(2,3)14(15,16)17/h4-7H,8H2,1-3H3. The van der Waals surface area contributed by atoms with Gasteiger partial charge in [0.1, 0.15) is 11.3 Å². The number of furan rings is 1. The SMILES string of the molecule is Cc1ccc2cc(CC(C)(C)C(F)(F)F)oc2c1. The highest BCUT2D eigenvalue weighted by Crippen LogP contribution is 2.40. The summed E-state index contributed by atoms with van der Waals surface area (Å²) in [6.07, 6.45) is -4.38. The molecule has 0 saturated heterocycles. The summed E-state index contributed by atoms with van der Waals surface area (Å²) >= 11 is 0. The second-order valence-corrected chi connectivity index (χ2v) is 5.31. The molecular formula is C14H15F3O. The van der Waals surface area contributed by atoms with Crippen molar-refractivity contribution < 1.29 is 17.6 Å². The van der Waals surface area contributed by atoms with Crippen molar-refractivity contribution in [3.05, 3.63) is 35.6 Å². The Bertz CT molecular complexity index is 564. The molecule has 1 heterocycles. The molecule has 0 radical (unpaired) electrons. The van der Waals surface area contributed by atoms with Gasteiger partial charge in [0.15, 0.2) is 0 Å². The van der Waals surface area contributed by atoms with Gasteiger partial charge < -0.3 is 4.42 Å². The molecule has 4 heteroatoms. The fourth-order valence-corrected chi connectivity index (χ4v) is 1.82. The summed E-state index contributed by atoms with van der Waals surface area (Å²) < 4.78 is 43.9. The number of halogens is 3. The maximum absolute atomic E-state index is 12.8. The van der Waals surface area contributed by atoms with Crippen LogP contribution in [0, 0.1) is 12.3 Å². The summed E-state index contributed by atoms with van der Waals surface area (Å²) in [4.78, 5) is 0. The van der Waals surface area contributed by atoms with Crippen molar-refractivity contribution in [2.24, 2.45) is 5.41 Å². The van der Waals surface area contributed by atoms with Crippen LogP contribution in [-0.4, -0.2) is 6.18 Å². The Morgan fingerprint density at radius 1 is 1.11 bits per heavy atom. The zero-order valence-corrected chi connectivity index (χ0v) is 10.6. The number of fused-ring (bicyclic) bond motifs is 1. The number of benzene rings is 1.